The Morgan fingerprint density at radius 3 is 2.62 bits per heavy atom. The molecule has 0 bridgehead atoms. The van der Waals surface area contributed by atoms with Crippen LogP contribution < -0.4 is 0 Å². The van der Waals surface area contributed by atoms with Gasteiger partial charge in [-0.15, -0.1) is 0 Å². The van der Waals surface area contributed by atoms with Crippen molar-refractivity contribution in [2.75, 3.05) is 26.3 Å². The second kappa shape index (κ2) is 5.07. The fourth-order valence-electron chi connectivity index (χ4n) is 1.54. The van der Waals surface area contributed by atoms with Crippen LogP contribution in [0.4, 0.5) is 0 Å². The maximum Gasteiger partial charge on any atom is 0.0704 e. The minimum Gasteiger partial charge on any atom is -0.361 e. The third kappa shape index (κ3) is 3.23. The number of hydrogen-bond acceptors (Lipinski definition) is 2. The zero-order valence-electron chi connectivity index (χ0n) is 8.95. The molecule has 1 aliphatic rings. The van der Waals surface area contributed by atoms with Crippen LogP contribution in [0.25, 0.3) is 0 Å². The van der Waals surface area contributed by atoms with Crippen LogP contribution in [0.5, 0.6) is 0 Å². The van der Waals surface area contributed by atoms with E-state index in [-0.39, 0.29) is 0 Å². The van der Waals surface area contributed by atoms with Crippen molar-refractivity contribution >= 4 is 0 Å². The highest BCUT2D eigenvalue weighted by Gasteiger charge is 2.05. The minimum absolute atomic E-state index is 1.05. The van der Waals surface area contributed by atoms with Crippen molar-refractivity contribution in [3.05, 3.63) is 23.9 Å². The summed E-state index contributed by atoms with van der Waals surface area (Å²) < 4.78 is 0. The molecule has 74 valence electrons. The lowest BCUT2D eigenvalue weighted by molar-refractivity contribution is 0.194. The van der Waals surface area contributed by atoms with Crippen LogP contribution >= 0.6 is 0 Å². The minimum atomic E-state index is 1.05. The van der Waals surface area contributed by atoms with E-state index in [2.05, 4.69) is 48.9 Å². The van der Waals surface area contributed by atoms with Crippen LogP contribution in [0, 0.1) is 0 Å². The van der Waals surface area contributed by atoms with Gasteiger partial charge >= 0.3 is 0 Å². The summed E-state index contributed by atoms with van der Waals surface area (Å²) in [6.07, 6.45) is 6.63. The molecule has 0 atom stereocenters. The van der Waals surface area contributed by atoms with Crippen molar-refractivity contribution in [1.29, 1.82) is 0 Å². The summed E-state index contributed by atoms with van der Waals surface area (Å²) in [6.45, 7) is 10.9. The van der Waals surface area contributed by atoms with Crippen molar-refractivity contribution in [2.45, 2.75) is 20.8 Å². The Bertz CT molecular complexity index is 202. The van der Waals surface area contributed by atoms with Gasteiger partial charge < -0.3 is 4.90 Å². The Kier molecular flexibility index (Phi) is 4.03. The molecule has 0 aromatic carbocycles. The van der Waals surface area contributed by atoms with Gasteiger partial charge in [-0.05, 0) is 25.6 Å². The lowest BCUT2D eigenvalue weighted by atomic mass is 10.2. The summed E-state index contributed by atoms with van der Waals surface area (Å²) in [6, 6.07) is 0. The first-order chi connectivity index (χ1) is 6.26. The van der Waals surface area contributed by atoms with Crippen LogP contribution in [0.15, 0.2) is 23.9 Å². The van der Waals surface area contributed by atoms with Gasteiger partial charge in [0.25, 0.3) is 0 Å². The Morgan fingerprint density at radius 1 is 1.38 bits per heavy atom. The van der Waals surface area contributed by atoms with Crippen LogP contribution in [0.1, 0.15) is 20.8 Å². The van der Waals surface area contributed by atoms with E-state index in [0.717, 1.165) is 26.3 Å². The largest absolute Gasteiger partial charge is 0.361 e. The molecule has 1 heterocycles. The molecule has 0 saturated heterocycles. The Labute approximate surface area is 81.5 Å². The maximum atomic E-state index is 2.42. The van der Waals surface area contributed by atoms with Crippen molar-refractivity contribution in [2.24, 2.45) is 0 Å². The lowest BCUT2D eigenvalue weighted by Crippen LogP contribution is -2.35. The van der Waals surface area contributed by atoms with Gasteiger partial charge in [0.15, 0.2) is 0 Å². The van der Waals surface area contributed by atoms with Gasteiger partial charge in [-0.2, -0.15) is 0 Å². The Balaban J connectivity index is 2.41. The quantitative estimate of drug-likeness (QED) is 0.653. The standard InChI is InChI=1S/C11H20N2/c1-4-12(5-2)10-13-8-6-7-11(3)9-13/h6-7,9H,4-5,8,10H2,1-3H3. The third-order valence-electron chi connectivity index (χ3n) is 2.38. The molecular weight excluding hydrogens is 160 g/mol. The van der Waals surface area contributed by atoms with Crippen LogP contribution in [0.2, 0.25) is 0 Å². The monoisotopic (exact) mass is 180 g/mol. The topological polar surface area (TPSA) is 6.48 Å². The SMILES string of the molecule is CCN(CC)CN1C=C(C)C=CC1. The van der Waals surface area contributed by atoms with Crippen LogP contribution in [0.3, 0.4) is 0 Å². The zero-order chi connectivity index (χ0) is 9.68. The fourth-order valence-corrected chi connectivity index (χ4v) is 1.54. The van der Waals surface area contributed by atoms with E-state index in [9.17, 15) is 0 Å². The van der Waals surface area contributed by atoms with Crippen molar-refractivity contribution in [3.63, 3.8) is 0 Å². The lowest BCUT2D eigenvalue weighted by Gasteiger charge is -2.29. The molecule has 2 nitrogen and oxygen atoms in total. The average Bonchev–Trinajstić information content (AvgIpc) is 2.14. The predicted octanol–water partition coefficient (Wildman–Crippen LogP) is 2.06. The summed E-state index contributed by atoms with van der Waals surface area (Å²) in [7, 11) is 0. The molecule has 13 heavy (non-hydrogen) atoms. The summed E-state index contributed by atoms with van der Waals surface area (Å²) in [5.41, 5.74) is 1.35. The second-order valence-electron chi connectivity index (χ2n) is 3.49. The highest BCUT2D eigenvalue weighted by atomic mass is 15.3. The maximum absolute atomic E-state index is 2.42. The molecule has 1 rings (SSSR count). The van der Waals surface area contributed by atoms with Crippen molar-refractivity contribution < 1.29 is 0 Å². The zero-order valence-corrected chi connectivity index (χ0v) is 8.95. The van der Waals surface area contributed by atoms with Gasteiger partial charge in [0.1, 0.15) is 0 Å². The van der Waals surface area contributed by atoms with Gasteiger partial charge in [-0.25, -0.2) is 0 Å². The molecule has 1 aliphatic heterocycles. The molecule has 0 aromatic rings. The molecule has 2 heteroatoms. The van der Waals surface area contributed by atoms with Crippen molar-refractivity contribution in [1.82, 2.24) is 9.80 Å². The van der Waals surface area contributed by atoms with Crippen molar-refractivity contribution in [3.8, 4) is 0 Å². The molecule has 0 aromatic heterocycles. The summed E-state index contributed by atoms with van der Waals surface area (Å²) in [5, 5.41) is 0. The smallest absolute Gasteiger partial charge is 0.0704 e. The first kappa shape index (κ1) is 10.3. The third-order valence-corrected chi connectivity index (χ3v) is 2.38. The van der Waals surface area contributed by atoms with Gasteiger partial charge in [0.05, 0.1) is 6.67 Å². The molecule has 0 saturated carbocycles. The van der Waals surface area contributed by atoms with Gasteiger partial charge in [0, 0.05) is 12.7 Å². The van der Waals surface area contributed by atoms with E-state index < -0.39 is 0 Å². The Hall–Kier alpha value is -0.760. The van der Waals surface area contributed by atoms with E-state index in [1.165, 1.54) is 5.57 Å². The Morgan fingerprint density at radius 2 is 2.08 bits per heavy atom. The summed E-state index contributed by atoms with van der Waals surface area (Å²) >= 11 is 0. The van der Waals surface area contributed by atoms with Gasteiger partial charge in [0.2, 0.25) is 0 Å². The first-order valence-corrected chi connectivity index (χ1v) is 5.07. The van der Waals surface area contributed by atoms with E-state index in [1.54, 1.807) is 0 Å². The molecular formula is C11H20N2. The van der Waals surface area contributed by atoms with E-state index in [4.69, 9.17) is 0 Å². The highest BCUT2D eigenvalue weighted by molar-refractivity contribution is 5.19. The normalized spacial score (nSPS) is 16.6. The first-order valence-electron chi connectivity index (χ1n) is 5.07. The summed E-state index contributed by atoms with van der Waals surface area (Å²) in [5.74, 6) is 0. The number of rotatable bonds is 4. The fraction of sp³-hybridized carbons (Fsp3) is 0.636. The molecule has 0 N–H and O–H groups in total. The molecule has 0 spiro atoms. The number of allylic oxidation sites excluding steroid dienone is 2. The average molecular weight is 180 g/mol. The number of hydrogen-bond donors (Lipinski definition) is 0. The molecule has 0 aliphatic carbocycles. The van der Waals surface area contributed by atoms with E-state index >= 15 is 0 Å². The van der Waals surface area contributed by atoms with Crippen LogP contribution in [-0.2, 0) is 0 Å². The van der Waals surface area contributed by atoms with Gasteiger partial charge in [-0.3, -0.25) is 4.90 Å². The molecule has 0 radical (unpaired) electrons. The predicted molar refractivity (Wildman–Crippen MR) is 57.4 cm³/mol. The van der Waals surface area contributed by atoms with E-state index in [0.29, 0.717) is 0 Å². The van der Waals surface area contributed by atoms with Crippen LogP contribution in [-0.4, -0.2) is 36.1 Å². The highest BCUT2D eigenvalue weighted by Crippen LogP contribution is 2.06. The second-order valence-corrected chi connectivity index (χ2v) is 3.49. The number of nitrogens with zero attached hydrogens (tertiary/aromatic N) is 2. The molecule has 0 amide bonds. The molecule has 0 fully saturated rings. The molecule has 0 unspecified atom stereocenters. The summed E-state index contributed by atoms with van der Waals surface area (Å²) in [4.78, 5) is 4.77. The van der Waals surface area contributed by atoms with E-state index in [1.807, 2.05) is 0 Å². The van der Waals surface area contributed by atoms with Gasteiger partial charge in [-0.1, -0.05) is 26.0 Å².